The van der Waals surface area contributed by atoms with Crippen molar-refractivity contribution in [3.8, 4) is 11.5 Å². The molecule has 10 nitrogen and oxygen atoms in total. The summed E-state index contributed by atoms with van der Waals surface area (Å²) < 4.78 is 11.4. The predicted molar refractivity (Wildman–Crippen MR) is 196 cm³/mol. The van der Waals surface area contributed by atoms with E-state index in [2.05, 4.69) is 46.1 Å². The van der Waals surface area contributed by atoms with Crippen LogP contribution in [0.1, 0.15) is 99.9 Å². The van der Waals surface area contributed by atoms with Crippen LogP contribution < -0.4 is 10.1 Å². The van der Waals surface area contributed by atoms with Crippen LogP contribution in [0, 0.1) is 12.8 Å². The summed E-state index contributed by atoms with van der Waals surface area (Å²) in [6.45, 7) is 19.4. The highest BCUT2D eigenvalue weighted by molar-refractivity contribution is 7.15. The van der Waals surface area contributed by atoms with Gasteiger partial charge in [-0.15, -0.1) is 11.3 Å². The lowest BCUT2D eigenvalue weighted by Crippen LogP contribution is -2.42. The number of amides is 2. The lowest BCUT2D eigenvalue weighted by atomic mass is 10.0. The number of nitrogens with one attached hydrogen (secondary N) is 1. The molecule has 0 radical (unpaired) electrons. The fraction of sp³-hybridized carbons (Fsp3) is 0.541. The van der Waals surface area contributed by atoms with E-state index >= 15 is 0 Å². The Hall–Kier alpha value is -3.83. The molecule has 2 aliphatic rings. The van der Waals surface area contributed by atoms with Crippen molar-refractivity contribution in [2.45, 2.75) is 93.2 Å². The molecule has 0 saturated carbocycles. The van der Waals surface area contributed by atoms with Gasteiger partial charge in [0.1, 0.15) is 17.1 Å². The first-order valence-electron chi connectivity index (χ1n) is 17.0. The Morgan fingerprint density at radius 3 is 2.46 bits per heavy atom. The molecule has 0 bridgehead atoms. The summed E-state index contributed by atoms with van der Waals surface area (Å²) in [5.41, 5.74) is 3.97. The number of benzene rings is 1. The molecule has 1 atom stereocenters. The van der Waals surface area contributed by atoms with Gasteiger partial charge in [-0.1, -0.05) is 27.7 Å². The molecular formula is C37H54N6O4S. The number of aryl methyl sites for hydroxylation is 1. The number of ether oxygens (including phenoxy) is 2. The predicted octanol–water partition coefficient (Wildman–Crippen LogP) is 8.39. The molecule has 2 aliphatic heterocycles. The van der Waals surface area contributed by atoms with Crippen molar-refractivity contribution < 1.29 is 19.1 Å². The highest BCUT2D eigenvalue weighted by Gasteiger charge is 2.26. The lowest BCUT2D eigenvalue weighted by molar-refractivity contribution is 0.0174. The Balaban J connectivity index is 0.000000328. The second kappa shape index (κ2) is 18.1. The molecule has 2 aromatic heterocycles. The van der Waals surface area contributed by atoms with Crippen LogP contribution in [-0.2, 0) is 17.7 Å². The Morgan fingerprint density at radius 2 is 1.83 bits per heavy atom. The number of hydrogen-bond donors (Lipinski definition) is 1. The average molecular weight is 679 g/mol. The van der Waals surface area contributed by atoms with E-state index in [4.69, 9.17) is 9.47 Å². The minimum Gasteiger partial charge on any atom is -0.457 e. The number of aromatic nitrogens is 2. The summed E-state index contributed by atoms with van der Waals surface area (Å²) in [7, 11) is 3.86. The number of carbonyl (C=O) groups excluding carboxylic acids is 2. The summed E-state index contributed by atoms with van der Waals surface area (Å²) in [6.07, 6.45) is 5.65. The van der Waals surface area contributed by atoms with Gasteiger partial charge < -0.3 is 19.3 Å². The second-order valence-corrected chi connectivity index (χ2v) is 14.0. The van der Waals surface area contributed by atoms with Crippen LogP contribution in [0.25, 0.3) is 0 Å². The van der Waals surface area contributed by atoms with Crippen molar-refractivity contribution >= 4 is 34.2 Å². The molecule has 3 aromatic rings. The molecule has 5 rings (SSSR count). The van der Waals surface area contributed by atoms with Crippen LogP contribution in [0.4, 0.5) is 9.93 Å². The highest BCUT2D eigenvalue weighted by Crippen LogP contribution is 2.30. The van der Waals surface area contributed by atoms with Gasteiger partial charge in [0.2, 0.25) is 0 Å². The number of rotatable bonds is 6. The van der Waals surface area contributed by atoms with Gasteiger partial charge in [-0.3, -0.25) is 20.1 Å². The first-order chi connectivity index (χ1) is 22.9. The third-order valence-corrected chi connectivity index (χ3v) is 8.86. The van der Waals surface area contributed by atoms with Gasteiger partial charge in [0.15, 0.2) is 5.13 Å². The fourth-order valence-electron chi connectivity index (χ4n) is 5.46. The molecule has 1 fully saturated rings. The summed E-state index contributed by atoms with van der Waals surface area (Å²) in [4.78, 5) is 43.0. The van der Waals surface area contributed by atoms with E-state index in [1.807, 2.05) is 52.5 Å². The van der Waals surface area contributed by atoms with Crippen LogP contribution in [-0.4, -0.2) is 76.8 Å². The van der Waals surface area contributed by atoms with E-state index in [1.54, 1.807) is 48.8 Å². The SMILES string of the molecule is CC.CC1CCCN(C(=O)OC(C)(C)C)C1.CCC(=NC)c1c(Oc2ccc(C(=O)Nc3nc4c(s3)CCN(C)C4)cc2)ccnc1C. The molecule has 11 heteroatoms. The first kappa shape index (κ1) is 38.6. The van der Waals surface area contributed by atoms with Gasteiger partial charge in [0.25, 0.3) is 5.91 Å². The quantitative estimate of drug-likeness (QED) is 0.261. The number of carbonyl (C=O) groups is 2. The van der Waals surface area contributed by atoms with Crippen LogP contribution in [0.15, 0.2) is 41.5 Å². The smallest absolute Gasteiger partial charge is 0.410 e. The van der Waals surface area contributed by atoms with Crippen molar-refractivity contribution in [3.63, 3.8) is 0 Å². The molecule has 0 aliphatic carbocycles. The van der Waals surface area contributed by atoms with Crippen molar-refractivity contribution in [2.75, 3.05) is 39.0 Å². The summed E-state index contributed by atoms with van der Waals surface area (Å²) in [6, 6.07) is 8.95. The number of pyridine rings is 1. The topological polar surface area (TPSA) is 109 Å². The zero-order chi connectivity index (χ0) is 35.4. The lowest BCUT2D eigenvalue weighted by Gasteiger charge is -2.32. The first-order valence-corrected chi connectivity index (χ1v) is 17.8. The van der Waals surface area contributed by atoms with Crippen LogP contribution in [0.5, 0.6) is 11.5 Å². The third-order valence-electron chi connectivity index (χ3n) is 7.79. The van der Waals surface area contributed by atoms with Crippen LogP contribution in [0.2, 0.25) is 0 Å². The molecular weight excluding hydrogens is 625 g/mol. The Bertz CT molecular complexity index is 1530. The Morgan fingerprint density at radius 1 is 1.12 bits per heavy atom. The van der Waals surface area contributed by atoms with E-state index in [9.17, 15) is 9.59 Å². The van der Waals surface area contributed by atoms with Crippen LogP contribution >= 0.6 is 11.3 Å². The van der Waals surface area contributed by atoms with Gasteiger partial charge in [-0.25, -0.2) is 9.78 Å². The van der Waals surface area contributed by atoms with Gasteiger partial charge in [0.05, 0.1) is 17.0 Å². The normalized spacial score (nSPS) is 16.4. The summed E-state index contributed by atoms with van der Waals surface area (Å²) in [5.74, 6) is 1.78. The number of nitrogens with zero attached hydrogens (tertiary/aromatic N) is 5. The second-order valence-electron chi connectivity index (χ2n) is 12.9. The number of likely N-dealkylation sites (tertiary alicyclic amines) is 1. The number of piperidine rings is 1. The minimum absolute atomic E-state index is 0.163. The van der Waals surface area contributed by atoms with E-state index in [0.29, 0.717) is 28.1 Å². The zero-order valence-corrected chi connectivity index (χ0v) is 31.3. The van der Waals surface area contributed by atoms with Gasteiger partial charge in [0, 0.05) is 55.6 Å². The fourth-order valence-corrected chi connectivity index (χ4v) is 6.42. The van der Waals surface area contributed by atoms with Crippen LogP contribution in [0.3, 0.4) is 0 Å². The maximum absolute atomic E-state index is 12.7. The molecule has 48 heavy (non-hydrogen) atoms. The van der Waals surface area contributed by atoms with Crippen molar-refractivity contribution in [2.24, 2.45) is 10.9 Å². The number of fused-ring (bicyclic) bond motifs is 1. The number of anilines is 1. The van der Waals surface area contributed by atoms with E-state index in [-0.39, 0.29) is 17.6 Å². The molecule has 262 valence electrons. The summed E-state index contributed by atoms with van der Waals surface area (Å²) in [5, 5.41) is 3.58. The van der Waals surface area contributed by atoms with Crippen molar-refractivity contribution in [1.82, 2.24) is 19.8 Å². The van der Waals surface area contributed by atoms with E-state index in [0.717, 1.165) is 68.1 Å². The summed E-state index contributed by atoms with van der Waals surface area (Å²) >= 11 is 1.56. The molecule has 1 saturated heterocycles. The van der Waals surface area contributed by atoms with Gasteiger partial charge in [-0.2, -0.15) is 0 Å². The number of thiazole rings is 1. The third kappa shape index (κ3) is 11.1. The minimum atomic E-state index is -0.377. The maximum Gasteiger partial charge on any atom is 0.410 e. The molecule has 4 heterocycles. The maximum atomic E-state index is 12.7. The highest BCUT2D eigenvalue weighted by atomic mass is 32.1. The van der Waals surface area contributed by atoms with E-state index < -0.39 is 0 Å². The largest absolute Gasteiger partial charge is 0.457 e. The standard InChI is InChI=1S/C24H27N5O2S.C11H21NO2.C2H6/c1-5-18(25-3)22-15(2)26-12-10-20(22)31-17-8-6-16(7-9-17)23(30)28-24-27-19-14-29(4)13-11-21(19)32-24;1-9-6-5-7-12(8-9)10(13)14-11(2,3)4;1-2/h6-10,12H,5,11,13-14H2,1-4H3,(H,27,28,30);9H,5-8H2,1-4H3;1-2H3. The molecule has 2 amide bonds. The molecule has 1 unspecified atom stereocenters. The number of hydrogen-bond acceptors (Lipinski definition) is 9. The molecule has 1 N–H and O–H groups in total. The Kier molecular flexibility index (Phi) is 14.5. The van der Waals surface area contributed by atoms with Crippen molar-refractivity contribution in [1.29, 1.82) is 0 Å². The average Bonchev–Trinajstić information content (AvgIpc) is 3.45. The Labute approximate surface area is 291 Å². The monoisotopic (exact) mass is 678 g/mol. The zero-order valence-electron chi connectivity index (χ0n) is 30.5. The van der Waals surface area contributed by atoms with Gasteiger partial charge in [-0.05, 0) is 96.7 Å². The van der Waals surface area contributed by atoms with E-state index in [1.165, 1.54) is 11.3 Å². The van der Waals surface area contributed by atoms with Gasteiger partial charge >= 0.3 is 6.09 Å². The van der Waals surface area contributed by atoms with Crippen molar-refractivity contribution in [3.05, 3.63) is 63.9 Å². The molecule has 1 aromatic carbocycles. The molecule has 0 spiro atoms. The number of aliphatic imine (C=N–C) groups is 1. The number of likely N-dealkylation sites (N-methyl/N-ethyl adjacent to an activating group) is 1.